The van der Waals surface area contributed by atoms with Crippen molar-refractivity contribution in [3.8, 4) is 0 Å². The number of thioether (sulfide) groups is 1. The Morgan fingerprint density at radius 3 is 3.00 bits per heavy atom. The van der Waals surface area contributed by atoms with E-state index in [2.05, 4.69) is 29.0 Å². The molecule has 3 heterocycles. The average molecular weight is 336 g/mol. The summed E-state index contributed by atoms with van der Waals surface area (Å²) in [6.45, 7) is 4.22. The standard InChI is InChI=1S/C14H16N4O2S2/c1-8(2)6-10-15-11(20-17-10)7-22-14-16-12-9(4-5-21-12)13(19)18(14)3/h4-5,8H,6-7H2,1-3H3. The number of aromatic nitrogens is 4. The van der Waals surface area contributed by atoms with E-state index in [1.54, 1.807) is 17.7 Å². The zero-order valence-electron chi connectivity index (χ0n) is 12.6. The minimum atomic E-state index is -0.0280. The van der Waals surface area contributed by atoms with Gasteiger partial charge in [-0.2, -0.15) is 4.98 Å². The fraction of sp³-hybridized carbons (Fsp3) is 0.429. The summed E-state index contributed by atoms with van der Waals surface area (Å²) in [6, 6.07) is 1.81. The summed E-state index contributed by atoms with van der Waals surface area (Å²) < 4.78 is 6.80. The SMILES string of the molecule is CC(C)Cc1noc(CSc2nc3sccc3c(=O)n2C)n1. The first-order valence-corrected chi connectivity index (χ1v) is 8.79. The molecular weight excluding hydrogens is 320 g/mol. The van der Waals surface area contributed by atoms with Crippen molar-refractivity contribution in [2.24, 2.45) is 13.0 Å². The summed E-state index contributed by atoms with van der Waals surface area (Å²) in [5.41, 5.74) is -0.0280. The molecule has 116 valence electrons. The first-order chi connectivity index (χ1) is 10.5. The molecule has 8 heteroatoms. The Kier molecular flexibility index (Phi) is 4.30. The second-order valence-corrected chi connectivity index (χ2v) is 7.23. The van der Waals surface area contributed by atoms with E-state index in [1.807, 2.05) is 5.38 Å². The van der Waals surface area contributed by atoms with Crippen LogP contribution in [0.5, 0.6) is 0 Å². The van der Waals surface area contributed by atoms with E-state index in [0.29, 0.717) is 28.1 Å². The van der Waals surface area contributed by atoms with Crippen molar-refractivity contribution in [2.75, 3.05) is 0 Å². The van der Waals surface area contributed by atoms with E-state index < -0.39 is 0 Å². The van der Waals surface area contributed by atoms with Crippen LogP contribution in [0.2, 0.25) is 0 Å². The molecule has 0 aromatic carbocycles. The van der Waals surface area contributed by atoms with E-state index in [9.17, 15) is 4.79 Å². The van der Waals surface area contributed by atoms with Gasteiger partial charge in [0.2, 0.25) is 5.89 Å². The van der Waals surface area contributed by atoms with Crippen molar-refractivity contribution in [3.63, 3.8) is 0 Å². The Balaban J connectivity index is 1.77. The van der Waals surface area contributed by atoms with E-state index in [1.165, 1.54) is 23.1 Å². The Bertz CT molecular complexity index is 850. The van der Waals surface area contributed by atoms with Crippen molar-refractivity contribution in [2.45, 2.75) is 31.2 Å². The predicted octanol–water partition coefficient (Wildman–Crippen LogP) is 2.87. The van der Waals surface area contributed by atoms with E-state index in [4.69, 9.17) is 4.52 Å². The van der Waals surface area contributed by atoms with Crippen molar-refractivity contribution in [1.82, 2.24) is 19.7 Å². The molecule has 3 aromatic heterocycles. The van der Waals surface area contributed by atoms with Crippen molar-refractivity contribution >= 4 is 33.3 Å². The van der Waals surface area contributed by atoms with E-state index in [-0.39, 0.29) is 5.56 Å². The minimum Gasteiger partial charge on any atom is -0.338 e. The lowest BCUT2D eigenvalue weighted by atomic mass is 10.1. The lowest BCUT2D eigenvalue weighted by Gasteiger charge is -2.05. The van der Waals surface area contributed by atoms with E-state index in [0.717, 1.165) is 17.1 Å². The molecule has 0 spiro atoms. The Labute approximate surface area is 135 Å². The van der Waals surface area contributed by atoms with Crippen LogP contribution in [0.3, 0.4) is 0 Å². The zero-order valence-corrected chi connectivity index (χ0v) is 14.2. The van der Waals surface area contributed by atoms with Crippen LogP contribution in [-0.4, -0.2) is 19.7 Å². The lowest BCUT2D eigenvalue weighted by molar-refractivity contribution is 0.382. The quantitative estimate of drug-likeness (QED) is 0.527. The smallest absolute Gasteiger partial charge is 0.262 e. The average Bonchev–Trinajstić information content (AvgIpc) is 3.09. The van der Waals surface area contributed by atoms with Crippen LogP contribution in [0.1, 0.15) is 25.6 Å². The molecule has 0 saturated carbocycles. The van der Waals surface area contributed by atoms with Crippen LogP contribution in [-0.2, 0) is 19.2 Å². The van der Waals surface area contributed by atoms with Crippen LogP contribution in [0.25, 0.3) is 10.2 Å². The molecule has 6 nitrogen and oxygen atoms in total. The molecule has 0 amide bonds. The summed E-state index contributed by atoms with van der Waals surface area (Å²) >= 11 is 2.89. The highest BCUT2D eigenvalue weighted by Gasteiger charge is 2.13. The molecule has 0 aliphatic carbocycles. The molecule has 0 N–H and O–H groups in total. The molecule has 0 saturated heterocycles. The van der Waals surface area contributed by atoms with Crippen LogP contribution < -0.4 is 5.56 Å². The highest BCUT2D eigenvalue weighted by atomic mass is 32.2. The molecule has 0 fully saturated rings. The van der Waals surface area contributed by atoms with Crippen molar-refractivity contribution < 1.29 is 4.52 Å². The normalized spacial score (nSPS) is 11.6. The van der Waals surface area contributed by atoms with Gasteiger partial charge in [-0.25, -0.2) is 4.98 Å². The third-order valence-electron chi connectivity index (χ3n) is 3.09. The predicted molar refractivity (Wildman–Crippen MR) is 87.3 cm³/mol. The van der Waals surface area contributed by atoms with Gasteiger partial charge in [0.1, 0.15) is 4.83 Å². The fourth-order valence-electron chi connectivity index (χ4n) is 2.03. The van der Waals surface area contributed by atoms with E-state index >= 15 is 0 Å². The monoisotopic (exact) mass is 336 g/mol. The largest absolute Gasteiger partial charge is 0.338 e. The first-order valence-electron chi connectivity index (χ1n) is 6.93. The molecule has 3 aromatic rings. The van der Waals surface area contributed by atoms with Gasteiger partial charge in [0.25, 0.3) is 5.56 Å². The van der Waals surface area contributed by atoms with Crippen molar-refractivity contribution in [1.29, 1.82) is 0 Å². The van der Waals surface area contributed by atoms with Gasteiger partial charge >= 0.3 is 0 Å². The molecule has 3 rings (SSSR count). The highest BCUT2D eigenvalue weighted by Crippen LogP contribution is 2.23. The third kappa shape index (κ3) is 3.07. The highest BCUT2D eigenvalue weighted by molar-refractivity contribution is 7.98. The van der Waals surface area contributed by atoms with Gasteiger partial charge in [-0.1, -0.05) is 30.8 Å². The van der Waals surface area contributed by atoms with Crippen LogP contribution in [0, 0.1) is 5.92 Å². The second kappa shape index (κ2) is 6.21. The second-order valence-electron chi connectivity index (χ2n) is 5.39. The number of thiophene rings is 1. The van der Waals surface area contributed by atoms with Crippen molar-refractivity contribution in [3.05, 3.63) is 33.5 Å². The number of rotatable bonds is 5. The zero-order chi connectivity index (χ0) is 15.7. The molecule has 0 radical (unpaired) electrons. The van der Waals surface area contributed by atoms with Gasteiger partial charge in [0.05, 0.1) is 11.1 Å². The maximum Gasteiger partial charge on any atom is 0.262 e. The third-order valence-corrected chi connectivity index (χ3v) is 4.91. The molecule has 0 unspecified atom stereocenters. The summed E-state index contributed by atoms with van der Waals surface area (Å²) in [5.74, 6) is 2.27. The van der Waals surface area contributed by atoms with Crippen LogP contribution in [0.15, 0.2) is 25.9 Å². The minimum absolute atomic E-state index is 0.0280. The number of fused-ring (bicyclic) bond motifs is 1. The van der Waals surface area contributed by atoms with Gasteiger partial charge in [-0.3, -0.25) is 9.36 Å². The van der Waals surface area contributed by atoms with Gasteiger partial charge < -0.3 is 4.52 Å². The molecule has 22 heavy (non-hydrogen) atoms. The number of nitrogens with zero attached hydrogens (tertiary/aromatic N) is 4. The maximum atomic E-state index is 12.2. The molecule has 0 bridgehead atoms. The lowest BCUT2D eigenvalue weighted by Crippen LogP contribution is -2.19. The molecular formula is C14H16N4O2S2. The molecule has 0 aliphatic heterocycles. The van der Waals surface area contributed by atoms with Gasteiger partial charge in [-0.05, 0) is 17.4 Å². The summed E-state index contributed by atoms with van der Waals surface area (Å²) in [7, 11) is 1.73. The fourth-order valence-corrected chi connectivity index (χ4v) is 3.65. The Hall–Kier alpha value is -1.67. The number of hydrogen-bond donors (Lipinski definition) is 0. The Morgan fingerprint density at radius 1 is 1.41 bits per heavy atom. The van der Waals surface area contributed by atoms with Crippen LogP contribution in [0.4, 0.5) is 0 Å². The molecule has 0 atom stereocenters. The maximum absolute atomic E-state index is 12.2. The molecule has 0 aliphatic rings. The first kappa shape index (κ1) is 15.2. The van der Waals surface area contributed by atoms with Gasteiger partial charge in [0.15, 0.2) is 11.0 Å². The Morgan fingerprint density at radius 2 is 2.23 bits per heavy atom. The number of hydrogen-bond acceptors (Lipinski definition) is 7. The van der Waals surface area contributed by atoms with Gasteiger partial charge in [-0.15, -0.1) is 11.3 Å². The topological polar surface area (TPSA) is 73.8 Å². The van der Waals surface area contributed by atoms with Gasteiger partial charge in [0, 0.05) is 13.5 Å². The van der Waals surface area contributed by atoms with Crippen LogP contribution >= 0.6 is 23.1 Å². The summed E-state index contributed by atoms with van der Waals surface area (Å²) in [4.78, 5) is 21.9. The summed E-state index contributed by atoms with van der Waals surface area (Å²) in [5, 5.41) is 7.16. The summed E-state index contributed by atoms with van der Waals surface area (Å²) in [6.07, 6.45) is 0.798.